The molecule has 1 rings (SSSR count). The minimum atomic E-state index is -0.0249. The van der Waals surface area contributed by atoms with E-state index in [1.54, 1.807) is 11.0 Å². The van der Waals surface area contributed by atoms with E-state index in [2.05, 4.69) is 31.5 Å². The molecule has 0 saturated heterocycles. The highest BCUT2D eigenvalue weighted by Crippen LogP contribution is 2.08. The molecule has 1 aromatic rings. The van der Waals surface area contributed by atoms with Gasteiger partial charge in [0.1, 0.15) is 6.04 Å². The third kappa shape index (κ3) is 5.32. The number of nitriles is 1. The molecule has 0 aliphatic carbocycles. The molecule has 98 valence electrons. The second kappa shape index (κ2) is 8.84. The van der Waals surface area contributed by atoms with Crippen molar-refractivity contribution in [1.29, 1.82) is 5.26 Å². The first-order chi connectivity index (χ1) is 9.31. The van der Waals surface area contributed by atoms with Gasteiger partial charge in [0, 0.05) is 12.1 Å². The van der Waals surface area contributed by atoms with Gasteiger partial charge in [-0.2, -0.15) is 5.26 Å². The van der Waals surface area contributed by atoms with Crippen LogP contribution < -0.4 is 0 Å². The molecular formula is C17H20N2. The van der Waals surface area contributed by atoms with Gasteiger partial charge in [-0.05, 0) is 18.6 Å². The van der Waals surface area contributed by atoms with Crippen molar-refractivity contribution in [3.63, 3.8) is 0 Å². The summed E-state index contributed by atoms with van der Waals surface area (Å²) < 4.78 is 0. The second-order valence-electron chi connectivity index (χ2n) is 4.33. The lowest BCUT2D eigenvalue weighted by molar-refractivity contribution is 0.352. The molecule has 0 bridgehead atoms. The Morgan fingerprint density at radius 2 is 2.11 bits per heavy atom. The highest BCUT2D eigenvalue weighted by atomic mass is 15.1. The molecule has 19 heavy (non-hydrogen) atoms. The summed E-state index contributed by atoms with van der Waals surface area (Å²) in [6.07, 6.45) is 7.05. The molecule has 1 unspecified atom stereocenters. The van der Waals surface area contributed by atoms with Gasteiger partial charge in [-0.25, -0.2) is 0 Å². The van der Waals surface area contributed by atoms with Gasteiger partial charge in [-0.1, -0.05) is 55.9 Å². The number of nitrogens with zero attached hydrogens (tertiary/aromatic N) is 2. The van der Waals surface area contributed by atoms with Crippen LogP contribution in [-0.4, -0.2) is 17.5 Å². The molecule has 1 atom stereocenters. The van der Waals surface area contributed by atoms with Crippen molar-refractivity contribution in [2.24, 2.45) is 0 Å². The highest BCUT2D eigenvalue weighted by Gasteiger charge is 2.12. The zero-order valence-corrected chi connectivity index (χ0v) is 11.5. The first-order valence-electron chi connectivity index (χ1n) is 6.65. The van der Waals surface area contributed by atoms with Crippen LogP contribution >= 0.6 is 0 Å². The average molecular weight is 252 g/mol. The number of benzene rings is 1. The summed E-state index contributed by atoms with van der Waals surface area (Å²) in [4.78, 5) is 1.69. The highest BCUT2D eigenvalue weighted by molar-refractivity contribution is 5.35. The Kier molecular flexibility index (Phi) is 6.92. The molecule has 0 aliphatic heterocycles. The van der Waals surface area contributed by atoms with E-state index in [-0.39, 0.29) is 6.04 Å². The van der Waals surface area contributed by atoms with Gasteiger partial charge in [0.25, 0.3) is 0 Å². The SMILES string of the molecule is C=CCN(C#N)C(C#Cc1ccccc1)CCCC. The maximum atomic E-state index is 9.18. The standard InChI is InChI=1S/C17H20N2/c1-3-5-11-17(19(15-18)14-4-2)13-12-16-9-7-6-8-10-16/h4,6-10,17H,2-3,5,11,14H2,1H3. The molecule has 1 aromatic carbocycles. The third-order valence-electron chi connectivity index (χ3n) is 2.82. The van der Waals surface area contributed by atoms with Gasteiger partial charge < -0.3 is 0 Å². The topological polar surface area (TPSA) is 27.0 Å². The van der Waals surface area contributed by atoms with Crippen molar-refractivity contribution >= 4 is 0 Å². The van der Waals surface area contributed by atoms with Gasteiger partial charge in [0.05, 0.1) is 0 Å². The molecule has 0 fully saturated rings. The van der Waals surface area contributed by atoms with Crippen LogP contribution in [0.5, 0.6) is 0 Å². The predicted molar refractivity (Wildman–Crippen MR) is 79.1 cm³/mol. The third-order valence-corrected chi connectivity index (χ3v) is 2.82. The number of unbranched alkanes of at least 4 members (excludes halogenated alkanes) is 1. The van der Waals surface area contributed by atoms with Crippen molar-refractivity contribution in [3.05, 3.63) is 48.6 Å². The molecule has 0 radical (unpaired) electrons. The largest absolute Gasteiger partial charge is 0.292 e. The van der Waals surface area contributed by atoms with E-state index in [1.165, 1.54) is 0 Å². The van der Waals surface area contributed by atoms with E-state index in [1.807, 2.05) is 30.3 Å². The zero-order valence-electron chi connectivity index (χ0n) is 11.5. The summed E-state index contributed by atoms with van der Waals surface area (Å²) in [6.45, 7) is 6.38. The fraction of sp³-hybridized carbons (Fsp3) is 0.353. The van der Waals surface area contributed by atoms with Crippen LogP contribution in [-0.2, 0) is 0 Å². The maximum Gasteiger partial charge on any atom is 0.180 e. The Morgan fingerprint density at radius 1 is 1.37 bits per heavy atom. The first kappa shape index (κ1) is 14.9. The molecule has 0 aromatic heterocycles. The van der Waals surface area contributed by atoms with Crippen LogP contribution in [0.1, 0.15) is 31.7 Å². The van der Waals surface area contributed by atoms with Crippen molar-refractivity contribution < 1.29 is 0 Å². The van der Waals surface area contributed by atoms with Crippen LogP contribution in [0.3, 0.4) is 0 Å². The first-order valence-corrected chi connectivity index (χ1v) is 6.65. The smallest absolute Gasteiger partial charge is 0.180 e. The summed E-state index contributed by atoms with van der Waals surface area (Å²) in [6, 6.07) is 9.85. The molecule has 0 amide bonds. The number of rotatable bonds is 6. The minimum absolute atomic E-state index is 0.0249. The summed E-state index contributed by atoms with van der Waals surface area (Å²) in [5.41, 5.74) is 0.987. The monoisotopic (exact) mass is 252 g/mol. The summed E-state index contributed by atoms with van der Waals surface area (Å²) in [7, 11) is 0. The van der Waals surface area contributed by atoms with Crippen LogP contribution in [0.2, 0.25) is 0 Å². The molecule has 0 aliphatic rings. The van der Waals surface area contributed by atoms with E-state index < -0.39 is 0 Å². The maximum absolute atomic E-state index is 9.18. The fourth-order valence-electron chi connectivity index (χ4n) is 1.77. The Hall–Kier alpha value is -2.19. The normalized spacial score (nSPS) is 10.7. The van der Waals surface area contributed by atoms with Gasteiger partial charge in [0.2, 0.25) is 0 Å². The van der Waals surface area contributed by atoms with Crippen LogP contribution in [0.4, 0.5) is 0 Å². The van der Waals surface area contributed by atoms with E-state index in [0.717, 1.165) is 24.8 Å². The van der Waals surface area contributed by atoms with E-state index >= 15 is 0 Å². The van der Waals surface area contributed by atoms with Crippen molar-refractivity contribution in [3.8, 4) is 18.0 Å². The van der Waals surface area contributed by atoms with E-state index in [9.17, 15) is 5.26 Å². The van der Waals surface area contributed by atoms with E-state index in [0.29, 0.717) is 6.54 Å². The molecule has 2 heteroatoms. The number of hydrogen-bond donors (Lipinski definition) is 0. The van der Waals surface area contributed by atoms with Crippen molar-refractivity contribution in [1.82, 2.24) is 4.90 Å². The Morgan fingerprint density at radius 3 is 2.68 bits per heavy atom. The molecule has 0 saturated carbocycles. The fourth-order valence-corrected chi connectivity index (χ4v) is 1.77. The molecule has 0 N–H and O–H groups in total. The number of hydrogen-bond acceptors (Lipinski definition) is 2. The summed E-state index contributed by atoms with van der Waals surface area (Å²) >= 11 is 0. The average Bonchev–Trinajstić information content (AvgIpc) is 2.46. The van der Waals surface area contributed by atoms with Crippen molar-refractivity contribution in [2.75, 3.05) is 6.54 Å². The lowest BCUT2D eigenvalue weighted by Crippen LogP contribution is -2.30. The molecular weight excluding hydrogens is 232 g/mol. The van der Waals surface area contributed by atoms with Crippen molar-refractivity contribution in [2.45, 2.75) is 32.2 Å². The second-order valence-corrected chi connectivity index (χ2v) is 4.33. The Balaban J connectivity index is 2.82. The summed E-state index contributed by atoms with van der Waals surface area (Å²) in [5.74, 6) is 6.36. The van der Waals surface area contributed by atoms with Crippen LogP contribution in [0.25, 0.3) is 0 Å². The Labute approximate surface area is 116 Å². The van der Waals surface area contributed by atoms with Crippen LogP contribution in [0, 0.1) is 23.3 Å². The minimum Gasteiger partial charge on any atom is -0.292 e. The molecule has 0 spiro atoms. The zero-order chi connectivity index (χ0) is 13.9. The quantitative estimate of drug-likeness (QED) is 0.335. The van der Waals surface area contributed by atoms with Gasteiger partial charge >= 0.3 is 0 Å². The lowest BCUT2D eigenvalue weighted by atomic mass is 10.1. The van der Waals surface area contributed by atoms with Crippen LogP contribution in [0.15, 0.2) is 43.0 Å². The van der Waals surface area contributed by atoms with Gasteiger partial charge in [0.15, 0.2) is 6.19 Å². The van der Waals surface area contributed by atoms with Gasteiger partial charge in [-0.15, -0.1) is 6.58 Å². The molecule has 2 nitrogen and oxygen atoms in total. The van der Waals surface area contributed by atoms with Gasteiger partial charge in [-0.3, -0.25) is 4.90 Å². The Bertz CT molecular complexity index is 473. The lowest BCUT2D eigenvalue weighted by Gasteiger charge is -2.20. The molecule has 0 heterocycles. The summed E-state index contributed by atoms with van der Waals surface area (Å²) in [5, 5.41) is 9.18. The predicted octanol–water partition coefficient (Wildman–Crippen LogP) is 3.57. The van der Waals surface area contributed by atoms with E-state index in [4.69, 9.17) is 0 Å².